The van der Waals surface area contributed by atoms with Crippen molar-refractivity contribution in [3.63, 3.8) is 0 Å². The normalized spacial score (nSPS) is 22.6. The van der Waals surface area contributed by atoms with Crippen LogP contribution in [0.1, 0.15) is 74.3 Å². The lowest BCUT2D eigenvalue weighted by Crippen LogP contribution is -2.47. The van der Waals surface area contributed by atoms with Gasteiger partial charge in [-0.1, -0.05) is 13.8 Å². The molecular formula is C25H37N7O4. The number of morpholine rings is 1. The Bertz CT molecular complexity index is 1070. The highest BCUT2D eigenvalue weighted by atomic mass is 16.5. The fourth-order valence-corrected chi connectivity index (χ4v) is 5.62. The summed E-state index contributed by atoms with van der Waals surface area (Å²) in [5.74, 6) is 1.47. The topological polar surface area (TPSA) is 110 Å². The fraction of sp³-hybridized carbons (Fsp3) is 0.720. The Morgan fingerprint density at radius 1 is 1.11 bits per heavy atom. The van der Waals surface area contributed by atoms with Gasteiger partial charge in [0.15, 0.2) is 0 Å². The summed E-state index contributed by atoms with van der Waals surface area (Å²) in [6.45, 7) is 11.7. The van der Waals surface area contributed by atoms with Crippen LogP contribution in [0.15, 0.2) is 16.7 Å². The molecule has 0 aromatic carbocycles. The van der Waals surface area contributed by atoms with Crippen LogP contribution in [0.2, 0.25) is 0 Å². The van der Waals surface area contributed by atoms with Gasteiger partial charge in [-0.25, -0.2) is 0 Å². The van der Waals surface area contributed by atoms with Gasteiger partial charge in [0.25, 0.3) is 5.91 Å². The summed E-state index contributed by atoms with van der Waals surface area (Å²) in [6, 6.07) is 1.69. The number of aryl methyl sites for hydroxylation is 1. The van der Waals surface area contributed by atoms with Gasteiger partial charge in [-0.15, -0.1) is 10.2 Å². The van der Waals surface area contributed by atoms with Crippen molar-refractivity contribution in [2.75, 3.05) is 52.5 Å². The van der Waals surface area contributed by atoms with Crippen molar-refractivity contribution in [1.29, 1.82) is 0 Å². The molecule has 1 spiro atoms. The van der Waals surface area contributed by atoms with E-state index in [1.807, 2.05) is 36.8 Å². The van der Waals surface area contributed by atoms with E-state index in [1.165, 1.54) is 0 Å². The maximum absolute atomic E-state index is 13.1. The average molecular weight is 500 g/mol. The van der Waals surface area contributed by atoms with Gasteiger partial charge in [-0.2, -0.15) is 5.10 Å². The summed E-state index contributed by atoms with van der Waals surface area (Å²) in [5, 5.41) is 13.0. The monoisotopic (exact) mass is 499 g/mol. The van der Waals surface area contributed by atoms with Crippen LogP contribution in [-0.4, -0.2) is 99.0 Å². The predicted octanol–water partition coefficient (Wildman–Crippen LogP) is 1.94. The zero-order chi connectivity index (χ0) is 25.3. The van der Waals surface area contributed by atoms with E-state index in [-0.39, 0.29) is 29.2 Å². The van der Waals surface area contributed by atoms with Gasteiger partial charge in [-0.05, 0) is 37.7 Å². The first-order valence-corrected chi connectivity index (χ1v) is 13.1. The number of likely N-dealkylation sites (tertiary alicyclic amines) is 2. The van der Waals surface area contributed by atoms with Crippen molar-refractivity contribution in [1.82, 2.24) is 34.7 Å². The summed E-state index contributed by atoms with van der Waals surface area (Å²) >= 11 is 0. The van der Waals surface area contributed by atoms with Gasteiger partial charge >= 0.3 is 0 Å². The largest absolute Gasteiger partial charge is 0.423 e. The molecule has 5 rings (SSSR count). The first-order valence-electron chi connectivity index (χ1n) is 13.1. The first kappa shape index (κ1) is 24.9. The Morgan fingerprint density at radius 3 is 2.50 bits per heavy atom. The minimum atomic E-state index is -0.0995. The Kier molecular flexibility index (Phi) is 7.11. The zero-order valence-corrected chi connectivity index (χ0v) is 21.6. The third-order valence-corrected chi connectivity index (χ3v) is 7.84. The van der Waals surface area contributed by atoms with Crippen LogP contribution in [0.25, 0.3) is 0 Å². The molecule has 3 saturated heterocycles. The quantitative estimate of drug-likeness (QED) is 0.593. The first-order chi connectivity index (χ1) is 17.4. The molecule has 0 N–H and O–H groups in total. The van der Waals surface area contributed by atoms with Crippen LogP contribution < -0.4 is 0 Å². The van der Waals surface area contributed by atoms with E-state index < -0.39 is 0 Å². The fourth-order valence-electron chi connectivity index (χ4n) is 5.62. The van der Waals surface area contributed by atoms with E-state index in [0.29, 0.717) is 63.4 Å². The van der Waals surface area contributed by atoms with Crippen LogP contribution in [0.4, 0.5) is 0 Å². The SMILES string of the molecule is CCn1ccc(C(=O)N2CCC3(CC2)CC(c2nnc(C(C)C)o2)N(CC(=O)N2CCOCC2)C3)n1. The van der Waals surface area contributed by atoms with Gasteiger partial charge in [0, 0.05) is 51.4 Å². The van der Waals surface area contributed by atoms with Crippen molar-refractivity contribution in [3.8, 4) is 0 Å². The number of carbonyl (C=O) groups is 2. The van der Waals surface area contributed by atoms with Crippen molar-refractivity contribution < 1.29 is 18.7 Å². The van der Waals surface area contributed by atoms with Gasteiger partial charge < -0.3 is 19.0 Å². The maximum Gasteiger partial charge on any atom is 0.274 e. The highest BCUT2D eigenvalue weighted by Gasteiger charge is 2.49. The third-order valence-electron chi connectivity index (χ3n) is 7.84. The molecule has 0 saturated carbocycles. The molecular weight excluding hydrogens is 462 g/mol. The van der Waals surface area contributed by atoms with Crippen LogP contribution in [0, 0.1) is 5.41 Å². The Morgan fingerprint density at radius 2 is 1.86 bits per heavy atom. The van der Waals surface area contributed by atoms with Gasteiger partial charge in [0.2, 0.25) is 17.7 Å². The molecule has 0 bridgehead atoms. The molecule has 0 radical (unpaired) electrons. The van der Waals surface area contributed by atoms with Crippen molar-refractivity contribution in [2.45, 2.75) is 58.5 Å². The lowest BCUT2D eigenvalue weighted by atomic mass is 9.76. The molecule has 5 heterocycles. The summed E-state index contributed by atoms with van der Waals surface area (Å²) < 4.78 is 13.3. The molecule has 2 aromatic rings. The summed E-state index contributed by atoms with van der Waals surface area (Å²) in [5.41, 5.74) is 0.504. The molecule has 11 heteroatoms. The number of nitrogens with zero attached hydrogens (tertiary/aromatic N) is 7. The lowest BCUT2D eigenvalue weighted by Gasteiger charge is -2.39. The van der Waals surface area contributed by atoms with E-state index in [2.05, 4.69) is 20.2 Å². The lowest BCUT2D eigenvalue weighted by molar-refractivity contribution is -0.136. The number of carbonyl (C=O) groups excluding carboxylic acids is 2. The van der Waals surface area contributed by atoms with Crippen LogP contribution in [0.3, 0.4) is 0 Å². The Labute approximate surface area is 211 Å². The molecule has 1 unspecified atom stereocenters. The number of hydrogen-bond donors (Lipinski definition) is 0. The van der Waals surface area contributed by atoms with Gasteiger partial charge in [0.1, 0.15) is 5.69 Å². The van der Waals surface area contributed by atoms with Crippen molar-refractivity contribution in [3.05, 3.63) is 29.7 Å². The molecule has 2 amide bonds. The molecule has 0 aliphatic carbocycles. The molecule has 196 valence electrons. The van der Waals surface area contributed by atoms with E-state index in [4.69, 9.17) is 9.15 Å². The molecule has 2 aromatic heterocycles. The van der Waals surface area contributed by atoms with Crippen molar-refractivity contribution >= 4 is 11.8 Å². The smallest absolute Gasteiger partial charge is 0.274 e. The Balaban J connectivity index is 1.29. The van der Waals surface area contributed by atoms with Crippen LogP contribution in [-0.2, 0) is 16.1 Å². The number of ether oxygens (including phenoxy) is 1. The minimum Gasteiger partial charge on any atom is -0.423 e. The molecule has 3 aliphatic rings. The van der Waals surface area contributed by atoms with Crippen LogP contribution >= 0.6 is 0 Å². The highest BCUT2D eigenvalue weighted by Crippen LogP contribution is 2.49. The Hall–Kier alpha value is -2.79. The zero-order valence-electron chi connectivity index (χ0n) is 21.6. The number of rotatable bonds is 6. The molecule has 11 nitrogen and oxygen atoms in total. The number of aromatic nitrogens is 4. The van der Waals surface area contributed by atoms with Gasteiger partial charge in [0.05, 0.1) is 25.8 Å². The second-order valence-electron chi connectivity index (χ2n) is 10.6. The van der Waals surface area contributed by atoms with E-state index in [1.54, 1.807) is 10.7 Å². The predicted molar refractivity (Wildman–Crippen MR) is 130 cm³/mol. The third kappa shape index (κ3) is 5.04. The number of amides is 2. The number of piperidine rings is 1. The summed E-state index contributed by atoms with van der Waals surface area (Å²) in [6.07, 6.45) is 4.43. The minimum absolute atomic E-state index is 0.00196. The van der Waals surface area contributed by atoms with Gasteiger partial charge in [-0.3, -0.25) is 19.2 Å². The van der Waals surface area contributed by atoms with E-state index >= 15 is 0 Å². The van der Waals surface area contributed by atoms with E-state index in [9.17, 15) is 9.59 Å². The maximum atomic E-state index is 13.1. The second kappa shape index (κ2) is 10.3. The molecule has 36 heavy (non-hydrogen) atoms. The summed E-state index contributed by atoms with van der Waals surface area (Å²) in [7, 11) is 0. The molecule has 1 atom stereocenters. The average Bonchev–Trinajstić information content (AvgIpc) is 3.64. The molecule has 3 aliphatic heterocycles. The molecule has 3 fully saturated rings. The standard InChI is InChI=1S/C25H37N7O4/c1-4-32-8-5-19(28-32)24(34)30-9-6-25(7-10-30)15-20(23-27-26-22(36-23)18(2)3)31(17-25)16-21(33)29-11-13-35-14-12-29/h5,8,18,20H,4,6-7,9-17H2,1-3H3. The summed E-state index contributed by atoms with van der Waals surface area (Å²) in [4.78, 5) is 32.2. The van der Waals surface area contributed by atoms with Crippen LogP contribution in [0.5, 0.6) is 0 Å². The van der Waals surface area contributed by atoms with Crippen molar-refractivity contribution in [2.24, 2.45) is 5.41 Å². The van der Waals surface area contributed by atoms with E-state index in [0.717, 1.165) is 32.4 Å². The number of hydrogen-bond acceptors (Lipinski definition) is 8. The highest BCUT2D eigenvalue weighted by molar-refractivity contribution is 5.92. The second-order valence-corrected chi connectivity index (χ2v) is 10.6.